The molecule has 1 amide bonds. The van der Waals surface area contributed by atoms with Gasteiger partial charge in [-0.3, -0.25) is 10.1 Å². The van der Waals surface area contributed by atoms with Gasteiger partial charge in [0.25, 0.3) is 5.91 Å². The molecule has 0 unspecified atom stereocenters. The summed E-state index contributed by atoms with van der Waals surface area (Å²) < 4.78 is 10.5. The minimum atomic E-state index is -0.361. The topological polar surface area (TPSA) is 77.2 Å². The molecule has 0 radical (unpaired) electrons. The zero-order valence-corrected chi connectivity index (χ0v) is 14.2. The molecule has 2 heterocycles. The lowest BCUT2D eigenvalue weighted by atomic mass is 10.2. The first-order chi connectivity index (χ1) is 11.7. The van der Waals surface area contributed by atoms with Crippen LogP contribution in [0.25, 0.3) is 11.3 Å². The predicted molar refractivity (Wildman–Crippen MR) is 92.5 cm³/mol. The third-order valence-corrected chi connectivity index (χ3v) is 3.96. The minimum Gasteiger partial charge on any atom is -0.494 e. The Bertz CT molecular complexity index is 824. The Balaban J connectivity index is 1.67. The van der Waals surface area contributed by atoms with E-state index in [1.165, 1.54) is 11.3 Å². The molecule has 2 aromatic heterocycles. The molecule has 24 heavy (non-hydrogen) atoms. The first-order valence-electron chi connectivity index (χ1n) is 7.59. The number of nitrogens with one attached hydrogen (secondary N) is 1. The lowest BCUT2D eigenvalue weighted by Gasteiger charge is -2.04. The van der Waals surface area contributed by atoms with E-state index < -0.39 is 0 Å². The molecular weight excluding hydrogens is 326 g/mol. The lowest BCUT2D eigenvalue weighted by molar-refractivity contribution is 0.0988. The number of carbonyl (C=O) groups excluding carboxylic acids is 1. The van der Waals surface area contributed by atoms with Crippen LogP contribution in [0.1, 0.15) is 29.6 Å². The Morgan fingerprint density at radius 3 is 2.79 bits per heavy atom. The number of rotatable bonds is 6. The summed E-state index contributed by atoms with van der Waals surface area (Å²) >= 11 is 1.36. The Labute approximate surface area is 143 Å². The van der Waals surface area contributed by atoms with Crippen LogP contribution >= 0.6 is 11.3 Å². The Kier molecular flexibility index (Phi) is 4.90. The first kappa shape index (κ1) is 16.2. The molecule has 1 N–H and O–H groups in total. The molecule has 3 aromatic rings. The molecule has 0 atom stereocenters. The number of ether oxygens (including phenoxy) is 1. The van der Waals surface area contributed by atoms with Crippen molar-refractivity contribution in [3.05, 3.63) is 47.2 Å². The third kappa shape index (κ3) is 3.80. The van der Waals surface area contributed by atoms with Crippen LogP contribution in [0.5, 0.6) is 5.75 Å². The second-order valence-electron chi connectivity index (χ2n) is 5.20. The molecule has 0 aliphatic rings. The van der Waals surface area contributed by atoms with E-state index in [0.717, 1.165) is 23.4 Å². The van der Waals surface area contributed by atoms with Crippen LogP contribution < -0.4 is 10.1 Å². The van der Waals surface area contributed by atoms with Crippen molar-refractivity contribution < 1.29 is 14.1 Å². The van der Waals surface area contributed by atoms with Gasteiger partial charge in [0.05, 0.1) is 18.0 Å². The van der Waals surface area contributed by atoms with Crippen molar-refractivity contribution in [1.29, 1.82) is 0 Å². The van der Waals surface area contributed by atoms with Gasteiger partial charge in [-0.15, -0.1) is 11.3 Å². The van der Waals surface area contributed by atoms with Crippen molar-refractivity contribution in [1.82, 2.24) is 10.1 Å². The molecule has 0 fully saturated rings. The van der Waals surface area contributed by atoms with Crippen LogP contribution in [0.2, 0.25) is 0 Å². The number of aromatic nitrogens is 2. The highest BCUT2D eigenvalue weighted by molar-refractivity contribution is 7.14. The Hall–Kier alpha value is -2.67. The van der Waals surface area contributed by atoms with Gasteiger partial charge in [-0.2, -0.15) is 0 Å². The average Bonchev–Trinajstić information content (AvgIpc) is 3.22. The van der Waals surface area contributed by atoms with Crippen molar-refractivity contribution in [2.75, 3.05) is 11.9 Å². The van der Waals surface area contributed by atoms with E-state index in [1.807, 2.05) is 29.6 Å². The van der Waals surface area contributed by atoms with Crippen molar-refractivity contribution >= 4 is 22.4 Å². The zero-order chi connectivity index (χ0) is 16.9. The number of anilines is 1. The predicted octanol–water partition coefficient (Wildman–Crippen LogP) is 4.15. The van der Waals surface area contributed by atoms with Gasteiger partial charge in [0, 0.05) is 17.0 Å². The normalized spacial score (nSPS) is 10.6. The molecular formula is C17H17N3O3S. The number of hydrogen-bond acceptors (Lipinski definition) is 6. The lowest BCUT2D eigenvalue weighted by Crippen LogP contribution is -2.10. The second-order valence-corrected chi connectivity index (χ2v) is 6.06. The van der Waals surface area contributed by atoms with E-state index in [1.54, 1.807) is 13.0 Å². The molecule has 0 spiro atoms. The smallest absolute Gasteiger partial charge is 0.296 e. The Morgan fingerprint density at radius 1 is 1.33 bits per heavy atom. The molecule has 3 rings (SSSR count). The largest absolute Gasteiger partial charge is 0.494 e. The van der Waals surface area contributed by atoms with Crippen LogP contribution in [0.4, 0.5) is 5.13 Å². The summed E-state index contributed by atoms with van der Waals surface area (Å²) in [6.07, 6.45) is 0.974. The van der Waals surface area contributed by atoms with E-state index in [0.29, 0.717) is 17.4 Å². The maximum atomic E-state index is 12.0. The summed E-state index contributed by atoms with van der Waals surface area (Å²) in [5.41, 5.74) is 2.42. The van der Waals surface area contributed by atoms with Crippen LogP contribution in [0, 0.1) is 6.92 Å². The monoisotopic (exact) mass is 343 g/mol. The van der Waals surface area contributed by atoms with Gasteiger partial charge in [-0.05, 0) is 37.6 Å². The number of benzene rings is 1. The van der Waals surface area contributed by atoms with Crippen molar-refractivity contribution in [2.24, 2.45) is 0 Å². The molecule has 0 aliphatic carbocycles. The van der Waals surface area contributed by atoms with Gasteiger partial charge in [0.15, 0.2) is 5.13 Å². The highest BCUT2D eigenvalue weighted by Gasteiger charge is 2.14. The molecule has 0 aliphatic heterocycles. The molecule has 0 bridgehead atoms. The average molecular weight is 343 g/mol. The molecule has 1 aromatic carbocycles. The summed E-state index contributed by atoms with van der Waals surface area (Å²) in [6.45, 7) is 4.53. The van der Waals surface area contributed by atoms with Gasteiger partial charge in [-0.1, -0.05) is 12.1 Å². The van der Waals surface area contributed by atoms with E-state index in [4.69, 9.17) is 9.26 Å². The SMILES string of the molecule is CCCOc1ccc(-c2csc(NC(=O)c3cc(C)no3)n2)cc1. The molecule has 0 saturated heterocycles. The number of amides is 1. The molecule has 6 nitrogen and oxygen atoms in total. The van der Waals surface area contributed by atoms with E-state index in [2.05, 4.69) is 22.4 Å². The number of carbonyl (C=O) groups is 1. The van der Waals surface area contributed by atoms with Crippen molar-refractivity contribution in [3.63, 3.8) is 0 Å². The summed E-state index contributed by atoms with van der Waals surface area (Å²) in [7, 11) is 0. The van der Waals surface area contributed by atoms with Gasteiger partial charge in [-0.25, -0.2) is 4.98 Å². The maximum Gasteiger partial charge on any atom is 0.296 e. The van der Waals surface area contributed by atoms with E-state index >= 15 is 0 Å². The molecule has 7 heteroatoms. The summed E-state index contributed by atoms with van der Waals surface area (Å²) in [4.78, 5) is 16.5. The van der Waals surface area contributed by atoms with Crippen LogP contribution in [-0.2, 0) is 0 Å². The van der Waals surface area contributed by atoms with Crippen LogP contribution in [0.3, 0.4) is 0 Å². The minimum absolute atomic E-state index is 0.168. The quantitative estimate of drug-likeness (QED) is 0.727. The first-order valence-corrected chi connectivity index (χ1v) is 8.47. The molecule has 0 saturated carbocycles. The van der Waals surface area contributed by atoms with E-state index in [9.17, 15) is 4.79 Å². The second kappa shape index (κ2) is 7.27. The summed E-state index contributed by atoms with van der Waals surface area (Å²) in [5.74, 6) is 0.645. The standard InChI is InChI=1S/C17H17N3O3S/c1-3-8-22-13-6-4-12(5-7-13)14-10-24-17(18-14)19-16(21)15-9-11(2)20-23-15/h4-7,9-10H,3,8H2,1-2H3,(H,18,19,21). The Morgan fingerprint density at radius 2 is 2.12 bits per heavy atom. The maximum absolute atomic E-state index is 12.0. The van der Waals surface area contributed by atoms with Crippen molar-refractivity contribution in [3.8, 4) is 17.0 Å². The fourth-order valence-corrected chi connectivity index (χ4v) is 2.75. The van der Waals surface area contributed by atoms with Gasteiger partial charge < -0.3 is 9.26 Å². The fourth-order valence-electron chi connectivity index (χ4n) is 2.03. The van der Waals surface area contributed by atoms with Crippen molar-refractivity contribution in [2.45, 2.75) is 20.3 Å². The zero-order valence-electron chi connectivity index (χ0n) is 13.4. The number of thiazole rings is 1. The van der Waals surface area contributed by atoms with Gasteiger partial charge in [0.2, 0.25) is 5.76 Å². The van der Waals surface area contributed by atoms with E-state index in [-0.39, 0.29) is 11.7 Å². The number of hydrogen-bond donors (Lipinski definition) is 1. The van der Waals surface area contributed by atoms with Crippen LogP contribution in [-0.4, -0.2) is 22.7 Å². The van der Waals surface area contributed by atoms with Gasteiger partial charge in [0.1, 0.15) is 5.75 Å². The number of nitrogens with zero attached hydrogens (tertiary/aromatic N) is 2. The number of aryl methyl sites for hydroxylation is 1. The van der Waals surface area contributed by atoms with Crippen LogP contribution in [0.15, 0.2) is 40.2 Å². The summed E-state index contributed by atoms with van der Waals surface area (Å²) in [5, 5.41) is 8.81. The third-order valence-electron chi connectivity index (χ3n) is 3.20. The highest BCUT2D eigenvalue weighted by atomic mass is 32.1. The summed E-state index contributed by atoms with van der Waals surface area (Å²) in [6, 6.07) is 9.32. The molecule has 124 valence electrons. The fraction of sp³-hybridized carbons (Fsp3) is 0.235. The van der Waals surface area contributed by atoms with Gasteiger partial charge >= 0.3 is 0 Å². The highest BCUT2D eigenvalue weighted by Crippen LogP contribution is 2.26.